The Morgan fingerprint density at radius 1 is 0.921 bits per heavy atom. The topological polar surface area (TPSA) is 67.9 Å². The zero-order valence-corrected chi connectivity index (χ0v) is 22.2. The summed E-state index contributed by atoms with van der Waals surface area (Å²) in [6.07, 6.45) is 5.40. The van der Waals surface area contributed by atoms with E-state index in [2.05, 4.69) is 5.32 Å². The van der Waals surface area contributed by atoms with Crippen molar-refractivity contribution in [3.8, 4) is 11.5 Å². The summed E-state index contributed by atoms with van der Waals surface area (Å²) in [7, 11) is 0. The van der Waals surface area contributed by atoms with E-state index in [4.69, 9.17) is 21.1 Å². The van der Waals surface area contributed by atoms with Crippen LogP contribution in [0.2, 0.25) is 5.02 Å². The van der Waals surface area contributed by atoms with Crippen molar-refractivity contribution in [3.05, 3.63) is 94.5 Å². The van der Waals surface area contributed by atoms with Crippen molar-refractivity contribution >= 4 is 23.4 Å². The highest BCUT2D eigenvalue weighted by molar-refractivity contribution is 6.31. The molecule has 1 aliphatic heterocycles. The van der Waals surface area contributed by atoms with Crippen LogP contribution in [-0.4, -0.2) is 35.6 Å². The molecule has 0 aromatic heterocycles. The van der Waals surface area contributed by atoms with E-state index in [0.29, 0.717) is 29.4 Å². The molecule has 2 amide bonds. The van der Waals surface area contributed by atoms with Crippen LogP contribution in [0.15, 0.2) is 72.8 Å². The molecule has 0 saturated heterocycles. The Morgan fingerprint density at radius 2 is 1.66 bits per heavy atom. The largest absolute Gasteiger partial charge is 0.454 e. The van der Waals surface area contributed by atoms with Crippen LogP contribution in [0.3, 0.4) is 0 Å². The summed E-state index contributed by atoms with van der Waals surface area (Å²) in [6, 6.07) is 22.6. The van der Waals surface area contributed by atoms with E-state index in [9.17, 15) is 9.59 Å². The van der Waals surface area contributed by atoms with Crippen LogP contribution in [0.25, 0.3) is 0 Å². The minimum Gasteiger partial charge on any atom is -0.454 e. The van der Waals surface area contributed by atoms with Gasteiger partial charge in [-0.3, -0.25) is 9.59 Å². The molecule has 6 nitrogen and oxygen atoms in total. The lowest BCUT2D eigenvalue weighted by Gasteiger charge is -2.32. The number of nitrogens with zero attached hydrogens (tertiary/aromatic N) is 1. The Bertz CT molecular complexity index is 1260. The van der Waals surface area contributed by atoms with Gasteiger partial charge in [-0.25, -0.2) is 0 Å². The first-order chi connectivity index (χ1) is 18.6. The van der Waals surface area contributed by atoms with Gasteiger partial charge in [-0.2, -0.15) is 0 Å². The van der Waals surface area contributed by atoms with Gasteiger partial charge in [0.1, 0.15) is 6.04 Å². The molecule has 0 radical (unpaired) electrons. The molecule has 0 bridgehead atoms. The molecule has 198 valence electrons. The Balaban J connectivity index is 1.40. The number of hydrogen-bond acceptors (Lipinski definition) is 4. The third-order valence-electron chi connectivity index (χ3n) is 7.34. The summed E-state index contributed by atoms with van der Waals surface area (Å²) < 4.78 is 10.9. The van der Waals surface area contributed by atoms with Gasteiger partial charge in [0, 0.05) is 30.5 Å². The highest BCUT2D eigenvalue weighted by Crippen LogP contribution is 2.33. The average molecular weight is 533 g/mol. The third kappa shape index (κ3) is 6.48. The number of halogens is 1. The molecule has 5 rings (SSSR count). The predicted molar refractivity (Wildman–Crippen MR) is 147 cm³/mol. The van der Waals surface area contributed by atoms with E-state index in [1.807, 2.05) is 72.8 Å². The second-order valence-corrected chi connectivity index (χ2v) is 10.4. The van der Waals surface area contributed by atoms with Crippen LogP contribution in [-0.2, 0) is 29.0 Å². The van der Waals surface area contributed by atoms with Gasteiger partial charge in [0.05, 0.1) is 0 Å². The number of nitrogens with one attached hydrogen (secondary N) is 1. The Labute approximate surface area is 228 Å². The van der Waals surface area contributed by atoms with E-state index in [0.717, 1.165) is 42.4 Å². The Kier molecular flexibility index (Phi) is 8.49. The van der Waals surface area contributed by atoms with Gasteiger partial charge in [-0.1, -0.05) is 79.0 Å². The van der Waals surface area contributed by atoms with Gasteiger partial charge in [0.2, 0.25) is 18.6 Å². The maximum Gasteiger partial charge on any atom is 0.243 e. The van der Waals surface area contributed by atoms with Gasteiger partial charge in [-0.15, -0.1) is 0 Å². The van der Waals surface area contributed by atoms with Crippen LogP contribution in [0.4, 0.5) is 0 Å². The number of ether oxygens (including phenoxy) is 2. The number of benzene rings is 3. The molecule has 7 heteroatoms. The van der Waals surface area contributed by atoms with Crippen LogP contribution < -0.4 is 14.8 Å². The van der Waals surface area contributed by atoms with Gasteiger partial charge < -0.3 is 19.7 Å². The SMILES string of the molecule is O=C(NC1CCCC1)C(Cc1ccccc1)N(Cc1ccccc1Cl)C(=O)CCc1ccc2c(c1)OCO2. The van der Waals surface area contributed by atoms with Gasteiger partial charge >= 0.3 is 0 Å². The Hall–Kier alpha value is -3.51. The van der Waals surface area contributed by atoms with Crippen LogP contribution in [0.5, 0.6) is 11.5 Å². The number of hydrogen-bond donors (Lipinski definition) is 1. The first-order valence-corrected chi connectivity index (χ1v) is 13.7. The maximum atomic E-state index is 13.9. The lowest BCUT2D eigenvalue weighted by atomic mass is 10.0. The number of fused-ring (bicyclic) bond motifs is 1. The summed E-state index contributed by atoms with van der Waals surface area (Å²) in [5.41, 5.74) is 2.81. The van der Waals surface area contributed by atoms with Crippen molar-refractivity contribution < 1.29 is 19.1 Å². The van der Waals surface area contributed by atoms with Crippen LogP contribution in [0.1, 0.15) is 48.8 Å². The van der Waals surface area contributed by atoms with E-state index in [1.165, 1.54) is 0 Å². The molecule has 1 heterocycles. The number of carbonyl (C=O) groups is 2. The minimum atomic E-state index is -0.654. The predicted octanol–water partition coefficient (Wildman–Crippen LogP) is 5.70. The maximum absolute atomic E-state index is 13.9. The fraction of sp³-hybridized carbons (Fsp3) is 0.355. The second-order valence-electron chi connectivity index (χ2n) is 10.00. The molecule has 1 unspecified atom stereocenters. The summed E-state index contributed by atoms with van der Waals surface area (Å²) in [4.78, 5) is 29.4. The molecule has 3 aromatic carbocycles. The zero-order valence-electron chi connectivity index (χ0n) is 21.4. The van der Waals surface area contributed by atoms with E-state index in [1.54, 1.807) is 4.90 Å². The number of carbonyl (C=O) groups excluding carboxylic acids is 2. The molecular weight excluding hydrogens is 500 g/mol. The molecule has 38 heavy (non-hydrogen) atoms. The summed E-state index contributed by atoms with van der Waals surface area (Å²) in [6.45, 7) is 0.468. The smallest absolute Gasteiger partial charge is 0.243 e. The Morgan fingerprint density at radius 3 is 2.45 bits per heavy atom. The zero-order chi connectivity index (χ0) is 26.3. The lowest BCUT2D eigenvalue weighted by molar-refractivity contribution is -0.141. The average Bonchev–Trinajstić information content (AvgIpc) is 3.62. The molecule has 0 spiro atoms. The molecule has 3 aromatic rings. The highest BCUT2D eigenvalue weighted by Gasteiger charge is 2.32. The van der Waals surface area contributed by atoms with E-state index < -0.39 is 6.04 Å². The number of aryl methyl sites for hydroxylation is 1. The molecular formula is C31H33ClN2O4. The lowest BCUT2D eigenvalue weighted by Crippen LogP contribution is -2.52. The van der Waals surface area contributed by atoms with Crippen molar-refractivity contribution in [2.45, 2.75) is 63.6 Å². The van der Waals surface area contributed by atoms with Crippen molar-refractivity contribution in [1.29, 1.82) is 0 Å². The van der Waals surface area contributed by atoms with Crippen LogP contribution in [0, 0.1) is 0 Å². The molecule has 1 aliphatic carbocycles. The highest BCUT2D eigenvalue weighted by atomic mass is 35.5. The molecule has 1 fully saturated rings. The van der Waals surface area contributed by atoms with Gasteiger partial charge in [-0.05, 0) is 54.2 Å². The fourth-order valence-corrected chi connectivity index (χ4v) is 5.42. The fourth-order valence-electron chi connectivity index (χ4n) is 5.22. The van der Waals surface area contributed by atoms with Crippen molar-refractivity contribution in [2.24, 2.45) is 0 Å². The number of rotatable bonds is 10. The minimum absolute atomic E-state index is 0.0925. The monoisotopic (exact) mass is 532 g/mol. The third-order valence-corrected chi connectivity index (χ3v) is 7.70. The molecule has 1 atom stereocenters. The van der Waals surface area contributed by atoms with Crippen molar-refractivity contribution in [3.63, 3.8) is 0 Å². The van der Waals surface area contributed by atoms with Crippen LogP contribution >= 0.6 is 11.6 Å². The van der Waals surface area contributed by atoms with Gasteiger partial charge in [0.15, 0.2) is 11.5 Å². The normalized spacial score (nSPS) is 15.3. The summed E-state index contributed by atoms with van der Waals surface area (Å²) >= 11 is 6.52. The quantitative estimate of drug-likeness (QED) is 0.364. The first kappa shape index (κ1) is 26.1. The van der Waals surface area contributed by atoms with E-state index >= 15 is 0 Å². The van der Waals surface area contributed by atoms with Crippen molar-refractivity contribution in [1.82, 2.24) is 10.2 Å². The second kappa shape index (κ2) is 12.4. The molecule has 1 N–H and O–H groups in total. The standard InChI is InChI=1S/C31H33ClN2O4/c32-26-13-7-4-10-24(26)20-34(30(35)17-15-23-14-16-28-29(19-23)38-21-37-28)27(18-22-8-2-1-3-9-22)31(36)33-25-11-5-6-12-25/h1-4,7-10,13-14,16,19,25,27H,5-6,11-12,15,17-18,20-21H2,(H,33,36). The van der Waals surface area contributed by atoms with Gasteiger partial charge in [0.25, 0.3) is 0 Å². The summed E-state index contributed by atoms with van der Waals surface area (Å²) in [5.74, 6) is 1.21. The van der Waals surface area contributed by atoms with E-state index in [-0.39, 0.29) is 37.6 Å². The summed E-state index contributed by atoms with van der Waals surface area (Å²) in [5, 5.41) is 3.82. The first-order valence-electron chi connectivity index (χ1n) is 13.3. The number of amides is 2. The molecule has 1 saturated carbocycles. The molecule has 2 aliphatic rings. The van der Waals surface area contributed by atoms with Crippen molar-refractivity contribution in [2.75, 3.05) is 6.79 Å².